The maximum Gasteiger partial charge on any atom is 0.280 e. The fraction of sp³-hybridized carbons (Fsp3) is 0.433. The standard InChI is InChI=1S/C21H25N3O2.C9H9N3O/c1-13-22-18-5-3-2-4-17(18)20(26)24(13)23-19(25)12-21-9-14-6-15(10-21)8-16(7-14)11-21;1-6-11-8-5-3-2-4-7(8)9(13)12(6)10/h2-5,14-16H,6-12H2,1H3,(H,23,25);2-5H,10H2,1H3. The fourth-order valence-corrected chi connectivity index (χ4v) is 7.64. The molecule has 0 radical (unpaired) electrons. The third-order valence-corrected chi connectivity index (χ3v) is 8.86. The molecule has 202 valence electrons. The summed E-state index contributed by atoms with van der Waals surface area (Å²) in [5, 5.41) is 1.09. The molecular formula is C30H34N6O3. The van der Waals surface area contributed by atoms with E-state index in [1.165, 1.54) is 43.2 Å². The molecule has 39 heavy (non-hydrogen) atoms. The van der Waals surface area contributed by atoms with Crippen molar-refractivity contribution in [1.29, 1.82) is 0 Å². The van der Waals surface area contributed by atoms with E-state index in [0.29, 0.717) is 39.9 Å². The first-order valence-electron chi connectivity index (χ1n) is 13.7. The van der Waals surface area contributed by atoms with Crippen molar-refractivity contribution in [3.05, 3.63) is 80.9 Å². The van der Waals surface area contributed by atoms with Crippen molar-refractivity contribution in [2.75, 3.05) is 11.3 Å². The van der Waals surface area contributed by atoms with E-state index in [4.69, 9.17) is 5.84 Å². The molecule has 0 atom stereocenters. The Bertz CT molecular complexity index is 1670. The monoisotopic (exact) mass is 526 g/mol. The van der Waals surface area contributed by atoms with E-state index in [1.807, 2.05) is 24.3 Å². The number of fused-ring (bicyclic) bond motifs is 2. The van der Waals surface area contributed by atoms with Gasteiger partial charge in [-0.25, -0.2) is 19.3 Å². The minimum atomic E-state index is -0.205. The number of aryl methyl sites for hydroxylation is 2. The van der Waals surface area contributed by atoms with Crippen molar-refractivity contribution in [3.8, 4) is 0 Å². The van der Waals surface area contributed by atoms with Gasteiger partial charge < -0.3 is 5.84 Å². The molecule has 3 N–H and O–H groups in total. The zero-order valence-electron chi connectivity index (χ0n) is 22.4. The maximum absolute atomic E-state index is 12.8. The van der Waals surface area contributed by atoms with E-state index >= 15 is 0 Å². The van der Waals surface area contributed by atoms with Gasteiger partial charge in [0.25, 0.3) is 11.1 Å². The number of hydrogen-bond acceptors (Lipinski definition) is 6. The van der Waals surface area contributed by atoms with Crippen LogP contribution in [0.25, 0.3) is 21.8 Å². The fourth-order valence-electron chi connectivity index (χ4n) is 7.64. The Balaban J connectivity index is 0.000000179. The van der Waals surface area contributed by atoms with E-state index in [0.717, 1.165) is 22.4 Å². The van der Waals surface area contributed by atoms with Gasteiger partial charge in [0.2, 0.25) is 5.91 Å². The van der Waals surface area contributed by atoms with E-state index in [1.54, 1.807) is 38.1 Å². The Morgan fingerprint density at radius 3 is 1.90 bits per heavy atom. The van der Waals surface area contributed by atoms with Crippen molar-refractivity contribution in [2.24, 2.45) is 23.2 Å². The molecule has 4 aromatic rings. The second-order valence-electron chi connectivity index (χ2n) is 11.8. The van der Waals surface area contributed by atoms with E-state index in [9.17, 15) is 14.4 Å². The van der Waals surface area contributed by atoms with Crippen LogP contribution in [0.1, 0.15) is 56.6 Å². The third-order valence-electron chi connectivity index (χ3n) is 8.86. The van der Waals surface area contributed by atoms with Crippen molar-refractivity contribution >= 4 is 27.7 Å². The van der Waals surface area contributed by atoms with Gasteiger partial charge in [-0.2, -0.15) is 0 Å². The number of amides is 1. The second-order valence-corrected chi connectivity index (χ2v) is 11.8. The molecule has 0 unspecified atom stereocenters. The summed E-state index contributed by atoms with van der Waals surface area (Å²) in [6.45, 7) is 3.46. The summed E-state index contributed by atoms with van der Waals surface area (Å²) in [5.74, 6) is 8.94. The number of nitrogen functional groups attached to an aromatic ring is 1. The Kier molecular flexibility index (Phi) is 6.24. The maximum atomic E-state index is 12.8. The Morgan fingerprint density at radius 1 is 0.846 bits per heavy atom. The number of hydrogen-bond donors (Lipinski definition) is 2. The van der Waals surface area contributed by atoms with Gasteiger partial charge in [-0.3, -0.25) is 19.8 Å². The summed E-state index contributed by atoms with van der Waals surface area (Å²) in [6.07, 6.45) is 8.22. The van der Waals surface area contributed by atoms with E-state index in [2.05, 4.69) is 15.4 Å². The molecular weight excluding hydrogens is 492 g/mol. The Morgan fingerprint density at radius 2 is 1.33 bits per heavy atom. The molecule has 8 rings (SSSR count). The summed E-state index contributed by atoms with van der Waals surface area (Å²) >= 11 is 0. The summed E-state index contributed by atoms with van der Waals surface area (Å²) in [6, 6.07) is 14.4. The Labute approximate surface area is 226 Å². The minimum Gasteiger partial charge on any atom is -0.335 e. The molecule has 4 saturated carbocycles. The molecule has 2 heterocycles. The molecule has 4 bridgehead atoms. The van der Waals surface area contributed by atoms with Crippen molar-refractivity contribution < 1.29 is 4.79 Å². The smallest absolute Gasteiger partial charge is 0.280 e. The molecule has 2 aromatic carbocycles. The van der Waals surface area contributed by atoms with Gasteiger partial charge in [0, 0.05) is 6.42 Å². The molecule has 4 aliphatic rings. The zero-order chi connectivity index (χ0) is 27.3. The number of rotatable bonds is 3. The molecule has 4 aliphatic carbocycles. The van der Waals surface area contributed by atoms with Crippen LogP contribution in [0.5, 0.6) is 0 Å². The van der Waals surface area contributed by atoms with Gasteiger partial charge in [0.05, 0.1) is 21.8 Å². The quantitative estimate of drug-likeness (QED) is 0.391. The topological polar surface area (TPSA) is 125 Å². The number of aromatic nitrogens is 4. The number of para-hydroxylation sites is 2. The molecule has 2 aromatic heterocycles. The summed E-state index contributed by atoms with van der Waals surface area (Å²) in [5.41, 5.74) is 3.96. The summed E-state index contributed by atoms with van der Waals surface area (Å²) in [4.78, 5) is 45.8. The molecule has 0 aliphatic heterocycles. The van der Waals surface area contributed by atoms with Crippen LogP contribution in [0.3, 0.4) is 0 Å². The van der Waals surface area contributed by atoms with Gasteiger partial charge in [-0.05, 0) is 99.8 Å². The predicted molar refractivity (Wildman–Crippen MR) is 151 cm³/mol. The first-order chi connectivity index (χ1) is 18.7. The lowest BCUT2D eigenvalue weighted by molar-refractivity contribution is -0.125. The van der Waals surface area contributed by atoms with Crippen LogP contribution < -0.4 is 22.4 Å². The molecule has 1 amide bonds. The third kappa shape index (κ3) is 4.70. The highest BCUT2D eigenvalue weighted by Gasteiger charge is 2.51. The molecule has 0 spiro atoms. The Hall–Kier alpha value is -4.01. The van der Waals surface area contributed by atoms with Gasteiger partial charge >= 0.3 is 0 Å². The van der Waals surface area contributed by atoms with E-state index < -0.39 is 0 Å². The average Bonchev–Trinajstić information content (AvgIpc) is 2.89. The number of carbonyl (C=O) groups is 1. The first kappa shape index (κ1) is 25.3. The minimum absolute atomic E-state index is 0.0470. The molecule has 9 nitrogen and oxygen atoms in total. The number of nitrogens with two attached hydrogens (primary N) is 1. The number of nitrogens with zero attached hydrogens (tertiary/aromatic N) is 4. The highest BCUT2D eigenvalue weighted by Crippen LogP contribution is 2.61. The highest BCUT2D eigenvalue weighted by molar-refractivity contribution is 5.85. The van der Waals surface area contributed by atoms with Crippen LogP contribution in [0.2, 0.25) is 0 Å². The average molecular weight is 527 g/mol. The summed E-state index contributed by atoms with van der Waals surface area (Å²) in [7, 11) is 0. The van der Waals surface area contributed by atoms with Gasteiger partial charge in [-0.1, -0.05) is 24.3 Å². The van der Waals surface area contributed by atoms with Gasteiger partial charge in [-0.15, -0.1) is 0 Å². The molecule has 9 heteroatoms. The van der Waals surface area contributed by atoms with Gasteiger partial charge in [0.15, 0.2) is 0 Å². The SMILES string of the molecule is Cc1nc2ccccc2c(=O)n1N.Cc1nc2ccccc2c(=O)n1NC(=O)CC12CC3CC(CC(C3)C1)C2. The second kappa shape index (κ2) is 9.63. The molecule has 4 fully saturated rings. The zero-order valence-corrected chi connectivity index (χ0v) is 22.4. The van der Waals surface area contributed by atoms with Crippen LogP contribution in [-0.2, 0) is 4.79 Å². The lowest BCUT2D eigenvalue weighted by Crippen LogP contribution is -2.48. The lowest BCUT2D eigenvalue weighted by Gasteiger charge is -2.56. The van der Waals surface area contributed by atoms with Crippen LogP contribution in [0.4, 0.5) is 0 Å². The predicted octanol–water partition coefficient (Wildman–Crippen LogP) is 3.80. The van der Waals surface area contributed by atoms with Gasteiger partial charge in [0.1, 0.15) is 11.6 Å². The lowest BCUT2D eigenvalue weighted by atomic mass is 9.49. The van der Waals surface area contributed by atoms with Crippen molar-refractivity contribution in [3.63, 3.8) is 0 Å². The van der Waals surface area contributed by atoms with Crippen molar-refractivity contribution in [1.82, 2.24) is 19.3 Å². The van der Waals surface area contributed by atoms with E-state index in [-0.39, 0.29) is 22.4 Å². The van der Waals surface area contributed by atoms with Crippen LogP contribution in [0.15, 0.2) is 58.1 Å². The van der Waals surface area contributed by atoms with Crippen LogP contribution >= 0.6 is 0 Å². The molecule has 0 saturated heterocycles. The number of nitrogens with one attached hydrogen (secondary N) is 1. The normalized spacial score (nSPS) is 24.9. The van der Waals surface area contributed by atoms with Crippen LogP contribution in [0, 0.1) is 37.0 Å². The van der Waals surface area contributed by atoms with Crippen LogP contribution in [-0.4, -0.2) is 25.2 Å². The highest BCUT2D eigenvalue weighted by atomic mass is 16.2. The first-order valence-corrected chi connectivity index (χ1v) is 13.7. The largest absolute Gasteiger partial charge is 0.335 e. The number of benzene rings is 2. The summed E-state index contributed by atoms with van der Waals surface area (Å²) < 4.78 is 2.38. The number of carbonyl (C=O) groups excluding carboxylic acids is 1. The van der Waals surface area contributed by atoms with Crippen molar-refractivity contribution in [2.45, 2.75) is 58.8 Å².